The van der Waals surface area contributed by atoms with E-state index < -0.39 is 0 Å². The van der Waals surface area contributed by atoms with Crippen LogP contribution in [-0.2, 0) is 0 Å². The summed E-state index contributed by atoms with van der Waals surface area (Å²) in [7, 11) is 0. The van der Waals surface area contributed by atoms with Gasteiger partial charge in [-0.05, 0) is 18.8 Å². The van der Waals surface area contributed by atoms with Gasteiger partial charge in [0.15, 0.2) is 0 Å². The number of aliphatic hydroxyl groups is 1. The summed E-state index contributed by atoms with van der Waals surface area (Å²) >= 11 is 0. The zero-order valence-corrected chi connectivity index (χ0v) is 7.58. The van der Waals surface area contributed by atoms with Crippen molar-refractivity contribution in [2.45, 2.75) is 44.2 Å². The molecular weight excluding hydrogens is 152 g/mol. The molecule has 0 aromatic carbocycles. The molecule has 2 atom stereocenters. The van der Waals surface area contributed by atoms with Crippen molar-refractivity contribution in [2.75, 3.05) is 6.54 Å². The zero-order chi connectivity index (χ0) is 8.97. The number of hydrogen-bond donors (Lipinski definition) is 3. The van der Waals surface area contributed by atoms with Crippen molar-refractivity contribution < 1.29 is 5.11 Å². The quantitative estimate of drug-likeness (QED) is 0.570. The Hall–Kier alpha value is -0.120. The molecule has 0 spiro atoms. The van der Waals surface area contributed by atoms with Gasteiger partial charge in [-0.1, -0.05) is 19.3 Å². The largest absolute Gasteiger partial charge is 0.391 e. The van der Waals surface area contributed by atoms with E-state index in [4.69, 9.17) is 11.5 Å². The van der Waals surface area contributed by atoms with Crippen LogP contribution in [0, 0.1) is 5.92 Å². The average molecular weight is 172 g/mol. The number of aliphatic hydroxyl groups excluding tert-OH is 1. The van der Waals surface area contributed by atoms with Crippen molar-refractivity contribution in [3.8, 4) is 0 Å². The molecule has 1 aliphatic rings. The topological polar surface area (TPSA) is 72.3 Å². The van der Waals surface area contributed by atoms with Crippen molar-refractivity contribution in [3.05, 3.63) is 0 Å². The van der Waals surface area contributed by atoms with Gasteiger partial charge in [0.05, 0.1) is 6.10 Å². The first-order valence-electron chi connectivity index (χ1n) is 4.89. The predicted molar refractivity (Wildman–Crippen MR) is 49.6 cm³/mol. The van der Waals surface area contributed by atoms with Gasteiger partial charge in [0, 0.05) is 12.6 Å². The van der Waals surface area contributed by atoms with Crippen molar-refractivity contribution >= 4 is 0 Å². The summed E-state index contributed by atoms with van der Waals surface area (Å²) in [6, 6.07) is -0.229. The van der Waals surface area contributed by atoms with Gasteiger partial charge in [-0.15, -0.1) is 0 Å². The van der Waals surface area contributed by atoms with Crippen LogP contribution in [0.5, 0.6) is 0 Å². The van der Waals surface area contributed by atoms with Gasteiger partial charge in [-0.2, -0.15) is 0 Å². The Bertz CT molecular complexity index is 124. The summed E-state index contributed by atoms with van der Waals surface area (Å²) in [5.74, 6) is 0.400. The van der Waals surface area contributed by atoms with E-state index in [1.165, 1.54) is 19.3 Å². The Morgan fingerprint density at radius 2 is 1.83 bits per heavy atom. The first kappa shape index (κ1) is 9.96. The van der Waals surface area contributed by atoms with Crippen LogP contribution in [0.1, 0.15) is 32.1 Å². The smallest absolute Gasteiger partial charge is 0.0731 e. The first-order chi connectivity index (χ1) is 5.75. The summed E-state index contributed by atoms with van der Waals surface area (Å²) < 4.78 is 0. The van der Waals surface area contributed by atoms with E-state index in [0.717, 1.165) is 12.8 Å². The second-order valence-electron chi connectivity index (χ2n) is 3.79. The molecule has 0 aliphatic heterocycles. The molecule has 3 heteroatoms. The molecule has 2 unspecified atom stereocenters. The molecule has 0 radical (unpaired) electrons. The SMILES string of the molecule is NCC(N)C(O)C1CCCCC1. The molecule has 0 heterocycles. The van der Waals surface area contributed by atoms with Crippen LogP contribution in [0.15, 0.2) is 0 Å². The molecule has 12 heavy (non-hydrogen) atoms. The Morgan fingerprint density at radius 3 is 2.33 bits per heavy atom. The minimum Gasteiger partial charge on any atom is -0.391 e. The van der Waals surface area contributed by atoms with E-state index in [-0.39, 0.29) is 12.1 Å². The lowest BCUT2D eigenvalue weighted by molar-refractivity contribution is 0.0643. The van der Waals surface area contributed by atoms with Crippen molar-refractivity contribution in [1.82, 2.24) is 0 Å². The molecule has 1 saturated carbocycles. The van der Waals surface area contributed by atoms with Gasteiger partial charge in [0.2, 0.25) is 0 Å². The van der Waals surface area contributed by atoms with E-state index in [2.05, 4.69) is 0 Å². The summed E-state index contributed by atoms with van der Waals surface area (Å²) in [6.07, 6.45) is 5.64. The van der Waals surface area contributed by atoms with Crippen molar-refractivity contribution in [1.29, 1.82) is 0 Å². The maximum absolute atomic E-state index is 9.74. The molecule has 0 amide bonds. The van der Waals surface area contributed by atoms with Gasteiger partial charge in [0.1, 0.15) is 0 Å². The third kappa shape index (κ3) is 2.44. The second-order valence-corrected chi connectivity index (χ2v) is 3.79. The molecular formula is C9H20N2O. The van der Waals surface area contributed by atoms with E-state index in [9.17, 15) is 5.11 Å². The van der Waals surface area contributed by atoms with E-state index in [1.54, 1.807) is 0 Å². The van der Waals surface area contributed by atoms with Crippen molar-refractivity contribution in [3.63, 3.8) is 0 Å². The van der Waals surface area contributed by atoms with Crippen LogP contribution < -0.4 is 11.5 Å². The summed E-state index contributed by atoms with van der Waals surface area (Å²) in [5.41, 5.74) is 11.1. The predicted octanol–water partition coefficient (Wildman–Crippen LogP) is 0.214. The fourth-order valence-electron chi connectivity index (χ4n) is 1.96. The van der Waals surface area contributed by atoms with Crippen LogP contribution in [0.2, 0.25) is 0 Å². The zero-order valence-electron chi connectivity index (χ0n) is 7.58. The van der Waals surface area contributed by atoms with E-state index in [0.29, 0.717) is 12.5 Å². The summed E-state index contributed by atoms with van der Waals surface area (Å²) in [6.45, 7) is 0.387. The normalized spacial score (nSPS) is 25.2. The van der Waals surface area contributed by atoms with E-state index >= 15 is 0 Å². The highest BCUT2D eigenvalue weighted by atomic mass is 16.3. The van der Waals surface area contributed by atoms with Crippen LogP contribution >= 0.6 is 0 Å². The highest BCUT2D eigenvalue weighted by Gasteiger charge is 2.25. The molecule has 0 saturated heterocycles. The lowest BCUT2D eigenvalue weighted by Crippen LogP contribution is -2.45. The monoisotopic (exact) mass is 172 g/mol. The third-order valence-electron chi connectivity index (χ3n) is 2.84. The minimum absolute atomic E-state index is 0.229. The van der Waals surface area contributed by atoms with Gasteiger partial charge in [-0.3, -0.25) is 0 Å². The second kappa shape index (κ2) is 4.80. The molecule has 1 rings (SSSR count). The van der Waals surface area contributed by atoms with Gasteiger partial charge < -0.3 is 16.6 Å². The van der Waals surface area contributed by atoms with Gasteiger partial charge in [0.25, 0.3) is 0 Å². The molecule has 0 aromatic rings. The summed E-state index contributed by atoms with van der Waals surface area (Å²) in [5, 5.41) is 9.74. The summed E-state index contributed by atoms with van der Waals surface area (Å²) in [4.78, 5) is 0. The van der Waals surface area contributed by atoms with E-state index in [1.807, 2.05) is 0 Å². The fraction of sp³-hybridized carbons (Fsp3) is 1.00. The molecule has 72 valence electrons. The van der Waals surface area contributed by atoms with Gasteiger partial charge >= 0.3 is 0 Å². The number of hydrogen-bond acceptors (Lipinski definition) is 3. The van der Waals surface area contributed by atoms with Crippen LogP contribution in [0.4, 0.5) is 0 Å². The highest BCUT2D eigenvalue weighted by Crippen LogP contribution is 2.27. The first-order valence-corrected chi connectivity index (χ1v) is 4.89. The van der Waals surface area contributed by atoms with Crippen LogP contribution in [-0.4, -0.2) is 23.8 Å². The molecule has 0 aromatic heterocycles. The average Bonchev–Trinajstić information content (AvgIpc) is 2.17. The standard InChI is InChI=1S/C9H20N2O/c10-6-8(11)9(12)7-4-2-1-3-5-7/h7-9,12H,1-6,10-11H2. The van der Waals surface area contributed by atoms with Crippen LogP contribution in [0.25, 0.3) is 0 Å². The highest BCUT2D eigenvalue weighted by molar-refractivity contribution is 4.81. The lowest BCUT2D eigenvalue weighted by atomic mass is 9.83. The van der Waals surface area contributed by atoms with Crippen LogP contribution in [0.3, 0.4) is 0 Å². The maximum Gasteiger partial charge on any atom is 0.0731 e. The molecule has 1 fully saturated rings. The van der Waals surface area contributed by atoms with Gasteiger partial charge in [-0.25, -0.2) is 0 Å². The molecule has 3 nitrogen and oxygen atoms in total. The third-order valence-corrected chi connectivity index (χ3v) is 2.84. The number of nitrogens with two attached hydrogens (primary N) is 2. The Morgan fingerprint density at radius 1 is 1.25 bits per heavy atom. The number of rotatable bonds is 3. The molecule has 0 bridgehead atoms. The minimum atomic E-state index is -0.379. The Labute approximate surface area is 74.1 Å². The molecule has 5 N–H and O–H groups in total. The lowest BCUT2D eigenvalue weighted by Gasteiger charge is -2.29. The maximum atomic E-state index is 9.74. The Kier molecular flexibility index (Phi) is 3.98. The fourth-order valence-corrected chi connectivity index (χ4v) is 1.96. The Balaban J connectivity index is 2.33. The van der Waals surface area contributed by atoms with Crippen molar-refractivity contribution in [2.24, 2.45) is 17.4 Å². The molecule has 1 aliphatic carbocycles.